The molecule has 0 fully saturated rings. The molecule has 0 aliphatic rings. The van der Waals surface area contributed by atoms with E-state index in [9.17, 15) is 0 Å². The Balaban J connectivity index is -0.000000320. The van der Waals surface area contributed by atoms with Gasteiger partial charge in [0.15, 0.2) is 0 Å². The normalized spacial score (nSPS) is 10.4. The zero-order chi connectivity index (χ0) is 7.49. The molecular formula is C9H19ClMg. The Morgan fingerprint density at radius 3 is 1.27 bits per heavy atom. The van der Waals surface area contributed by atoms with Gasteiger partial charge in [-0.2, -0.15) is 18.3 Å². The molecule has 0 aromatic carbocycles. The first-order chi connectivity index (χ1) is 4.02. The van der Waals surface area contributed by atoms with Gasteiger partial charge in [0.2, 0.25) is 0 Å². The smallest absolute Gasteiger partial charge is 1.00 e. The number of hydrogen-bond donors (Lipinski definition) is 0. The topological polar surface area (TPSA) is 0 Å². The Morgan fingerprint density at radius 1 is 1.00 bits per heavy atom. The number of rotatable bonds is 2. The van der Waals surface area contributed by atoms with Crippen LogP contribution in [0.1, 0.15) is 47.5 Å². The SMILES string of the molecule is CC[C-](CC)C(C)(C)C.[Cl-].[Mg+2]. The van der Waals surface area contributed by atoms with Gasteiger partial charge in [0.25, 0.3) is 0 Å². The Kier molecular flexibility index (Phi) is 12.6. The van der Waals surface area contributed by atoms with E-state index in [4.69, 9.17) is 0 Å². The van der Waals surface area contributed by atoms with Crippen molar-refractivity contribution >= 4 is 23.1 Å². The molecule has 0 heterocycles. The van der Waals surface area contributed by atoms with Crippen LogP contribution in [0.25, 0.3) is 0 Å². The molecule has 0 atom stereocenters. The summed E-state index contributed by atoms with van der Waals surface area (Å²) in [5.74, 6) is 1.67. The first-order valence-corrected chi connectivity index (χ1v) is 3.87. The molecule has 0 bridgehead atoms. The molecule has 0 saturated carbocycles. The summed E-state index contributed by atoms with van der Waals surface area (Å²) in [6.07, 6.45) is 2.47. The van der Waals surface area contributed by atoms with E-state index < -0.39 is 0 Å². The van der Waals surface area contributed by atoms with Crippen LogP contribution in [0.4, 0.5) is 0 Å². The molecule has 0 radical (unpaired) electrons. The predicted molar refractivity (Wildman–Crippen MR) is 49.0 cm³/mol. The van der Waals surface area contributed by atoms with E-state index in [0.29, 0.717) is 5.41 Å². The fourth-order valence-electron chi connectivity index (χ4n) is 1.31. The maximum atomic E-state index is 2.29. The molecule has 11 heavy (non-hydrogen) atoms. The second-order valence-corrected chi connectivity index (χ2v) is 3.56. The van der Waals surface area contributed by atoms with E-state index in [0.717, 1.165) is 0 Å². The third kappa shape index (κ3) is 7.42. The summed E-state index contributed by atoms with van der Waals surface area (Å²) in [7, 11) is 0. The molecule has 0 aromatic rings. The number of hydrogen-bond acceptors (Lipinski definition) is 0. The second-order valence-electron chi connectivity index (χ2n) is 3.56. The molecule has 0 nitrogen and oxygen atoms in total. The van der Waals surface area contributed by atoms with Gasteiger partial charge in [-0.05, 0) is 0 Å². The maximum Gasteiger partial charge on any atom is 2.00 e. The first kappa shape index (κ1) is 18.0. The average Bonchev–Trinajstić information content (AvgIpc) is 1.65. The van der Waals surface area contributed by atoms with E-state index >= 15 is 0 Å². The zero-order valence-electron chi connectivity index (χ0n) is 8.50. The minimum Gasteiger partial charge on any atom is -1.00 e. The van der Waals surface area contributed by atoms with Crippen molar-refractivity contribution in [2.75, 3.05) is 0 Å². The van der Waals surface area contributed by atoms with Crippen LogP contribution in [0.2, 0.25) is 0 Å². The summed E-state index contributed by atoms with van der Waals surface area (Å²) in [5, 5.41) is 0. The fourth-order valence-corrected chi connectivity index (χ4v) is 1.31. The molecule has 0 unspecified atom stereocenters. The minimum atomic E-state index is 0. The van der Waals surface area contributed by atoms with Gasteiger partial charge in [0.05, 0.1) is 0 Å². The molecule has 0 aliphatic carbocycles. The van der Waals surface area contributed by atoms with Crippen LogP contribution in [-0.2, 0) is 0 Å². The molecule has 2 heteroatoms. The van der Waals surface area contributed by atoms with E-state index in [-0.39, 0.29) is 35.5 Å². The predicted octanol–water partition coefficient (Wildman–Crippen LogP) is 0.0502. The van der Waals surface area contributed by atoms with Crippen LogP contribution >= 0.6 is 0 Å². The fraction of sp³-hybridized carbons (Fsp3) is 0.889. The summed E-state index contributed by atoms with van der Waals surface area (Å²) in [4.78, 5) is 0. The van der Waals surface area contributed by atoms with Gasteiger partial charge in [-0.3, -0.25) is 0 Å². The van der Waals surface area contributed by atoms with Crippen LogP contribution < -0.4 is 12.4 Å². The molecule has 0 spiro atoms. The van der Waals surface area contributed by atoms with Crippen molar-refractivity contribution in [2.24, 2.45) is 5.41 Å². The van der Waals surface area contributed by atoms with E-state index in [1.54, 1.807) is 5.92 Å². The number of halogens is 1. The van der Waals surface area contributed by atoms with Crippen LogP contribution in [-0.4, -0.2) is 23.1 Å². The van der Waals surface area contributed by atoms with Gasteiger partial charge in [0, 0.05) is 0 Å². The van der Waals surface area contributed by atoms with Crippen molar-refractivity contribution in [3.8, 4) is 0 Å². The monoisotopic (exact) mass is 186 g/mol. The van der Waals surface area contributed by atoms with Gasteiger partial charge in [-0.15, -0.1) is 0 Å². The van der Waals surface area contributed by atoms with Gasteiger partial charge in [-0.1, -0.05) is 34.6 Å². The molecule has 0 aromatic heterocycles. The second kappa shape index (κ2) is 7.69. The van der Waals surface area contributed by atoms with Crippen molar-refractivity contribution < 1.29 is 12.4 Å². The van der Waals surface area contributed by atoms with Crippen molar-refractivity contribution in [3.63, 3.8) is 0 Å². The summed E-state index contributed by atoms with van der Waals surface area (Å²) >= 11 is 0. The quantitative estimate of drug-likeness (QED) is 0.423. The molecule has 0 aliphatic heterocycles. The van der Waals surface area contributed by atoms with Crippen LogP contribution in [0.15, 0.2) is 0 Å². The zero-order valence-corrected chi connectivity index (χ0v) is 10.7. The molecule has 0 N–H and O–H groups in total. The molecule has 64 valence electrons. The van der Waals surface area contributed by atoms with Gasteiger partial charge in [-0.25, -0.2) is 0 Å². The van der Waals surface area contributed by atoms with E-state index in [1.807, 2.05) is 0 Å². The third-order valence-corrected chi connectivity index (χ3v) is 1.91. The average molecular weight is 187 g/mol. The third-order valence-electron chi connectivity index (χ3n) is 1.91. The largest absolute Gasteiger partial charge is 2.00 e. The standard InChI is InChI=1S/C9H19.ClH.Mg/c1-6-8(7-2)9(3,4)5;;/h6-7H2,1-5H3;1H;/q-1;;+2/p-1. The Labute approximate surface area is 94.1 Å². The Hall–Kier alpha value is 1.06. The summed E-state index contributed by atoms with van der Waals surface area (Å²) in [5.41, 5.74) is 0.434. The van der Waals surface area contributed by atoms with Gasteiger partial charge >= 0.3 is 23.1 Å². The minimum absolute atomic E-state index is 0. The van der Waals surface area contributed by atoms with Crippen molar-refractivity contribution in [3.05, 3.63) is 5.92 Å². The first-order valence-electron chi connectivity index (χ1n) is 3.87. The molecule has 0 saturated heterocycles. The van der Waals surface area contributed by atoms with Crippen molar-refractivity contribution in [1.29, 1.82) is 0 Å². The van der Waals surface area contributed by atoms with E-state index in [2.05, 4.69) is 34.6 Å². The van der Waals surface area contributed by atoms with E-state index in [1.165, 1.54) is 12.8 Å². The van der Waals surface area contributed by atoms with Gasteiger partial charge < -0.3 is 18.3 Å². The van der Waals surface area contributed by atoms with Crippen LogP contribution in [0.5, 0.6) is 0 Å². The Bertz CT molecular complexity index is 72.1. The van der Waals surface area contributed by atoms with Crippen LogP contribution in [0, 0.1) is 11.3 Å². The molecular weight excluding hydrogens is 168 g/mol. The van der Waals surface area contributed by atoms with Crippen LogP contribution in [0.3, 0.4) is 0 Å². The van der Waals surface area contributed by atoms with Gasteiger partial charge in [0.1, 0.15) is 0 Å². The molecule has 0 amide bonds. The van der Waals surface area contributed by atoms with Crippen molar-refractivity contribution in [2.45, 2.75) is 47.5 Å². The summed E-state index contributed by atoms with van der Waals surface area (Å²) in [6.45, 7) is 11.3. The summed E-state index contributed by atoms with van der Waals surface area (Å²) in [6, 6.07) is 0. The molecule has 0 rings (SSSR count). The summed E-state index contributed by atoms with van der Waals surface area (Å²) < 4.78 is 0. The van der Waals surface area contributed by atoms with Crippen molar-refractivity contribution in [1.82, 2.24) is 0 Å². The maximum absolute atomic E-state index is 2.29. The Morgan fingerprint density at radius 2 is 1.27 bits per heavy atom.